The number of piperidine rings is 1. The number of esters is 1. The molecule has 6 nitrogen and oxygen atoms in total. The Kier molecular flexibility index (Phi) is 6.54. The van der Waals surface area contributed by atoms with E-state index in [1.54, 1.807) is 24.0 Å². The number of hydrogen-bond donors (Lipinski definition) is 1. The fourth-order valence-corrected chi connectivity index (χ4v) is 3.21. The number of nitrogens with zero attached hydrogens (tertiary/aromatic N) is 1. The van der Waals surface area contributed by atoms with Crippen LogP contribution in [-0.2, 0) is 14.3 Å². The van der Waals surface area contributed by atoms with Crippen LogP contribution in [0.3, 0.4) is 0 Å². The summed E-state index contributed by atoms with van der Waals surface area (Å²) in [6.07, 6.45) is 1.84. The maximum absolute atomic E-state index is 12.3. The molecule has 1 aromatic heterocycles. The Morgan fingerprint density at radius 1 is 1.46 bits per heavy atom. The van der Waals surface area contributed by atoms with E-state index in [1.165, 1.54) is 11.3 Å². The maximum Gasteiger partial charge on any atom is 0.309 e. The minimum atomic E-state index is -0.830. The molecule has 2 amide bonds. The molecule has 0 aromatic carbocycles. The maximum atomic E-state index is 12.3. The number of carbonyl (C=O) groups excluding carboxylic acids is 3. The van der Waals surface area contributed by atoms with Crippen LogP contribution < -0.4 is 5.32 Å². The van der Waals surface area contributed by atoms with Crippen molar-refractivity contribution in [2.75, 3.05) is 19.6 Å². The Hall–Kier alpha value is -2.15. The largest absolute Gasteiger partial charge is 0.452 e. The molecule has 130 valence electrons. The molecule has 0 saturated carbocycles. The quantitative estimate of drug-likeness (QED) is 0.627. The van der Waals surface area contributed by atoms with Crippen LogP contribution in [0.5, 0.6) is 0 Å². The van der Waals surface area contributed by atoms with Gasteiger partial charge in [-0.2, -0.15) is 0 Å². The van der Waals surface area contributed by atoms with E-state index in [9.17, 15) is 14.4 Å². The Morgan fingerprint density at radius 2 is 2.17 bits per heavy atom. The molecule has 0 unspecified atom stereocenters. The fourth-order valence-electron chi connectivity index (χ4n) is 2.51. The average molecular weight is 350 g/mol. The number of rotatable bonds is 6. The van der Waals surface area contributed by atoms with Gasteiger partial charge in [0.2, 0.25) is 0 Å². The van der Waals surface area contributed by atoms with E-state index in [1.807, 2.05) is 11.4 Å². The van der Waals surface area contributed by atoms with Crippen molar-refractivity contribution in [3.05, 3.63) is 35.0 Å². The van der Waals surface area contributed by atoms with Crippen molar-refractivity contribution in [3.63, 3.8) is 0 Å². The van der Waals surface area contributed by atoms with Gasteiger partial charge in [-0.05, 0) is 31.2 Å². The molecule has 1 aromatic rings. The summed E-state index contributed by atoms with van der Waals surface area (Å²) in [5, 5.41) is 4.46. The Bertz CT molecular complexity index is 592. The molecule has 1 aliphatic rings. The summed E-state index contributed by atoms with van der Waals surface area (Å²) < 4.78 is 5.23. The molecule has 1 aliphatic heterocycles. The first kappa shape index (κ1) is 18.2. The number of carbonyl (C=O) groups is 3. The van der Waals surface area contributed by atoms with Gasteiger partial charge in [-0.15, -0.1) is 17.9 Å². The second-order valence-corrected chi connectivity index (χ2v) is 6.60. The zero-order valence-electron chi connectivity index (χ0n) is 13.7. The van der Waals surface area contributed by atoms with Crippen molar-refractivity contribution < 1.29 is 19.1 Å². The minimum absolute atomic E-state index is 0.00832. The summed E-state index contributed by atoms with van der Waals surface area (Å²) in [7, 11) is 0. The predicted octanol–water partition coefficient (Wildman–Crippen LogP) is 1.83. The van der Waals surface area contributed by atoms with Crippen molar-refractivity contribution in [1.29, 1.82) is 0 Å². The molecule has 0 bridgehead atoms. The molecule has 0 spiro atoms. The molecule has 1 saturated heterocycles. The number of likely N-dealkylation sites (tertiary alicyclic amines) is 1. The fraction of sp³-hybridized carbons (Fsp3) is 0.471. The zero-order valence-corrected chi connectivity index (χ0v) is 14.5. The third-order valence-corrected chi connectivity index (χ3v) is 4.79. The van der Waals surface area contributed by atoms with Crippen LogP contribution in [0.1, 0.15) is 29.4 Å². The number of thiophene rings is 1. The van der Waals surface area contributed by atoms with Gasteiger partial charge >= 0.3 is 5.97 Å². The molecule has 0 radical (unpaired) electrons. The second-order valence-electron chi connectivity index (χ2n) is 5.66. The van der Waals surface area contributed by atoms with Gasteiger partial charge in [0.15, 0.2) is 6.10 Å². The highest BCUT2D eigenvalue weighted by Crippen LogP contribution is 2.22. The van der Waals surface area contributed by atoms with Gasteiger partial charge in [0, 0.05) is 19.6 Å². The molecule has 0 aliphatic carbocycles. The summed E-state index contributed by atoms with van der Waals surface area (Å²) in [5.41, 5.74) is 0. The van der Waals surface area contributed by atoms with Gasteiger partial charge in [0.1, 0.15) is 0 Å². The Labute approximate surface area is 145 Å². The topological polar surface area (TPSA) is 75.7 Å². The van der Waals surface area contributed by atoms with Crippen LogP contribution in [0.2, 0.25) is 0 Å². The number of nitrogens with one attached hydrogen (secondary N) is 1. The van der Waals surface area contributed by atoms with Crippen LogP contribution in [-0.4, -0.2) is 48.4 Å². The van der Waals surface area contributed by atoms with E-state index < -0.39 is 6.10 Å². The van der Waals surface area contributed by atoms with Crippen LogP contribution in [0, 0.1) is 5.92 Å². The van der Waals surface area contributed by atoms with Gasteiger partial charge in [0.05, 0.1) is 10.8 Å². The third-order valence-electron chi connectivity index (χ3n) is 3.93. The summed E-state index contributed by atoms with van der Waals surface area (Å²) in [4.78, 5) is 38.6. The van der Waals surface area contributed by atoms with Gasteiger partial charge in [0.25, 0.3) is 11.8 Å². The summed E-state index contributed by atoms with van der Waals surface area (Å²) >= 11 is 1.42. The molecular formula is C17H22N2O4S. The lowest BCUT2D eigenvalue weighted by Gasteiger charge is -2.31. The highest BCUT2D eigenvalue weighted by atomic mass is 32.1. The van der Waals surface area contributed by atoms with E-state index in [-0.39, 0.29) is 23.7 Å². The van der Waals surface area contributed by atoms with Crippen molar-refractivity contribution in [1.82, 2.24) is 10.2 Å². The van der Waals surface area contributed by atoms with Crippen molar-refractivity contribution in [2.24, 2.45) is 5.92 Å². The lowest BCUT2D eigenvalue weighted by molar-refractivity contribution is -0.159. The van der Waals surface area contributed by atoms with Gasteiger partial charge in [-0.25, -0.2) is 0 Å². The van der Waals surface area contributed by atoms with Crippen LogP contribution in [0.25, 0.3) is 0 Å². The van der Waals surface area contributed by atoms with Crippen molar-refractivity contribution in [3.8, 4) is 0 Å². The summed E-state index contributed by atoms with van der Waals surface area (Å²) in [5.74, 6) is -0.978. The van der Waals surface area contributed by atoms with Crippen molar-refractivity contribution in [2.45, 2.75) is 25.9 Å². The second kappa shape index (κ2) is 8.63. The van der Waals surface area contributed by atoms with E-state index in [2.05, 4.69) is 11.9 Å². The lowest BCUT2D eigenvalue weighted by Crippen LogP contribution is -2.42. The first-order valence-corrected chi connectivity index (χ1v) is 8.82. The average Bonchev–Trinajstić information content (AvgIpc) is 3.13. The monoisotopic (exact) mass is 350 g/mol. The number of amides is 2. The molecule has 2 rings (SSSR count). The summed E-state index contributed by atoms with van der Waals surface area (Å²) in [6, 6.07) is 3.65. The zero-order chi connectivity index (χ0) is 17.5. The molecule has 1 atom stereocenters. The SMILES string of the molecule is C=CCNC(=O)[C@@H](C)OC(=O)C1CCN(C(=O)c2cccs2)CC1. The van der Waals surface area contributed by atoms with Gasteiger partial charge in [-0.1, -0.05) is 12.1 Å². The minimum Gasteiger partial charge on any atom is -0.452 e. The lowest BCUT2D eigenvalue weighted by atomic mass is 9.97. The Balaban J connectivity index is 1.79. The van der Waals surface area contributed by atoms with E-state index in [0.29, 0.717) is 37.4 Å². The number of ether oxygens (including phenoxy) is 1. The van der Waals surface area contributed by atoms with Crippen LogP contribution in [0.15, 0.2) is 30.2 Å². The molecule has 1 fully saturated rings. The van der Waals surface area contributed by atoms with Crippen LogP contribution in [0.4, 0.5) is 0 Å². The van der Waals surface area contributed by atoms with Crippen molar-refractivity contribution >= 4 is 29.1 Å². The first-order chi connectivity index (χ1) is 11.5. The molecule has 7 heteroatoms. The smallest absolute Gasteiger partial charge is 0.309 e. The first-order valence-electron chi connectivity index (χ1n) is 7.94. The van der Waals surface area contributed by atoms with E-state index in [0.717, 1.165) is 0 Å². The van der Waals surface area contributed by atoms with Gasteiger partial charge < -0.3 is 15.0 Å². The molecule has 1 N–H and O–H groups in total. The summed E-state index contributed by atoms with van der Waals surface area (Å²) in [6.45, 7) is 6.44. The third kappa shape index (κ3) is 4.67. The Morgan fingerprint density at radius 3 is 2.75 bits per heavy atom. The normalized spacial score (nSPS) is 16.3. The highest BCUT2D eigenvalue weighted by molar-refractivity contribution is 7.12. The molecule has 2 heterocycles. The van der Waals surface area contributed by atoms with Gasteiger partial charge in [-0.3, -0.25) is 14.4 Å². The number of hydrogen-bond acceptors (Lipinski definition) is 5. The molecule has 24 heavy (non-hydrogen) atoms. The van der Waals surface area contributed by atoms with E-state index >= 15 is 0 Å². The highest BCUT2D eigenvalue weighted by Gasteiger charge is 2.30. The standard InChI is InChI=1S/C17H22N2O4S/c1-3-8-18-15(20)12(2)23-17(22)13-6-9-19(10-7-13)16(21)14-5-4-11-24-14/h3-5,11-13H,1,6-10H2,2H3,(H,18,20)/t12-/m1/s1. The van der Waals surface area contributed by atoms with Crippen LogP contribution >= 0.6 is 11.3 Å². The molecular weight excluding hydrogens is 328 g/mol. The van der Waals surface area contributed by atoms with E-state index in [4.69, 9.17) is 4.74 Å². The predicted molar refractivity (Wildman–Crippen MR) is 91.7 cm³/mol.